The molecule has 0 N–H and O–H groups in total. The van der Waals surface area contributed by atoms with E-state index in [0.717, 1.165) is 5.69 Å². The number of hydrogen-bond acceptors (Lipinski definition) is 4. The fourth-order valence-electron chi connectivity index (χ4n) is 1.58. The lowest BCUT2D eigenvalue weighted by Gasteiger charge is -2.05. The maximum atomic E-state index is 5.85. The maximum absolute atomic E-state index is 5.85. The zero-order chi connectivity index (χ0) is 13.1. The van der Waals surface area contributed by atoms with E-state index in [4.69, 9.17) is 16.3 Å². The molecule has 0 atom stereocenters. The first-order chi connectivity index (χ1) is 9.33. The maximum Gasteiger partial charge on any atom is 0.345 e. The third-order valence-corrected chi connectivity index (χ3v) is 2.72. The number of tetrazole rings is 1. The largest absolute Gasteiger partial charge is 0.423 e. The molecule has 0 fully saturated rings. The minimum absolute atomic E-state index is 0.300. The molecule has 94 valence electrons. The van der Waals surface area contributed by atoms with Crippen LogP contribution in [0.15, 0.2) is 54.6 Å². The smallest absolute Gasteiger partial charge is 0.345 e. The SMILES string of the molecule is Clc1ccc(-n2nnnc2Oc2ccccc2)cc1. The Morgan fingerprint density at radius 2 is 1.68 bits per heavy atom. The Kier molecular flexibility index (Phi) is 3.12. The van der Waals surface area contributed by atoms with E-state index in [-0.39, 0.29) is 0 Å². The number of nitrogens with zero attached hydrogens (tertiary/aromatic N) is 4. The first kappa shape index (κ1) is 11.7. The molecule has 5 nitrogen and oxygen atoms in total. The summed E-state index contributed by atoms with van der Waals surface area (Å²) in [5, 5.41) is 12.0. The van der Waals surface area contributed by atoms with Crippen molar-refractivity contribution in [3.63, 3.8) is 0 Å². The van der Waals surface area contributed by atoms with E-state index in [1.54, 1.807) is 12.1 Å². The number of halogens is 1. The van der Waals surface area contributed by atoms with Crippen molar-refractivity contribution in [2.45, 2.75) is 0 Å². The summed E-state index contributed by atoms with van der Waals surface area (Å²) in [5.74, 6) is 0.674. The second-order valence-corrected chi connectivity index (χ2v) is 4.20. The van der Waals surface area contributed by atoms with Crippen LogP contribution in [0.5, 0.6) is 11.8 Å². The Morgan fingerprint density at radius 1 is 0.947 bits per heavy atom. The summed E-state index contributed by atoms with van der Waals surface area (Å²) in [4.78, 5) is 0. The van der Waals surface area contributed by atoms with E-state index < -0.39 is 0 Å². The van der Waals surface area contributed by atoms with Crippen LogP contribution in [0.1, 0.15) is 0 Å². The van der Waals surface area contributed by atoms with Gasteiger partial charge in [0.25, 0.3) is 0 Å². The average molecular weight is 273 g/mol. The molecule has 0 radical (unpaired) electrons. The van der Waals surface area contributed by atoms with Gasteiger partial charge in [0.2, 0.25) is 0 Å². The zero-order valence-electron chi connectivity index (χ0n) is 9.77. The molecule has 0 aliphatic carbocycles. The highest BCUT2D eigenvalue weighted by molar-refractivity contribution is 6.30. The normalized spacial score (nSPS) is 10.4. The predicted molar refractivity (Wildman–Crippen MR) is 70.7 cm³/mol. The number of ether oxygens (including phenoxy) is 1. The van der Waals surface area contributed by atoms with Gasteiger partial charge in [0, 0.05) is 5.02 Å². The summed E-state index contributed by atoms with van der Waals surface area (Å²) in [6, 6.07) is 16.8. The molecule has 0 amide bonds. The Morgan fingerprint density at radius 3 is 2.42 bits per heavy atom. The second kappa shape index (κ2) is 5.07. The lowest BCUT2D eigenvalue weighted by Crippen LogP contribution is -1.99. The summed E-state index contributed by atoms with van der Waals surface area (Å²) in [6.07, 6.45) is 0. The predicted octanol–water partition coefficient (Wildman–Crippen LogP) is 3.11. The molecule has 0 saturated carbocycles. The molecule has 3 rings (SSSR count). The van der Waals surface area contributed by atoms with Gasteiger partial charge in [-0.05, 0) is 46.8 Å². The van der Waals surface area contributed by atoms with Gasteiger partial charge in [-0.3, -0.25) is 0 Å². The summed E-state index contributed by atoms with van der Waals surface area (Å²) in [7, 11) is 0. The van der Waals surface area contributed by atoms with Gasteiger partial charge in [0.05, 0.1) is 5.69 Å². The van der Waals surface area contributed by atoms with Crippen LogP contribution in [0, 0.1) is 0 Å². The lowest BCUT2D eigenvalue weighted by atomic mass is 10.3. The van der Waals surface area contributed by atoms with Crippen LogP contribution in [0.25, 0.3) is 5.69 Å². The van der Waals surface area contributed by atoms with Crippen molar-refractivity contribution in [1.29, 1.82) is 0 Å². The van der Waals surface area contributed by atoms with Gasteiger partial charge in [-0.1, -0.05) is 34.9 Å². The van der Waals surface area contributed by atoms with Crippen LogP contribution in [0.3, 0.4) is 0 Å². The van der Waals surface area contributed by atoms with E-state index in [1.807, 2.05) is 42.5 Å². The summed E-state index contributed by atoms with van der Waals surface area (Å²) in [6.45, 7) is 0. The molecule has 1 heterocycles. The molecule has 0 aliphatic heterocycles. The third-order valence-electron chi connectivity index (χ3n) is 2.46. The molecule has 2 aromatic carbocycles. The monoisotopic (exact) mass is 272 g/mol. The second-order valence-electron chi connectivity index (χ2n) is 3.76. The summed E-state index contributed by atoms with van der Waals surface area (Å²) >= 11 is 5.85. The van der Waals surface area contributed by atoms with Crippen molar-refractivity contribution in [3.05, 3.63) is 59.6 Å². The molecular weight excluding hydrogens is 264 g/mol. The molecule has 0 spiro atoms. The van der Waals surface area contributed by atoms with Crippen LogP contribution < -0.4 is 4.74 Å². The van der Waals surface area contributed by atoms with E-state index in [9.17, 15) is 0 Å². The fraction of sp³-hybridized carbons (Fsp3) is 0. The number of aromatic nitrogens is 4. The van der Waals surface area contributed by atoms with Gasteiger partial charge >= 0.3 is 6.01 Å². The molecule has 0 saturated heterocycles. The van der Waals surface area contributed by atoms with Crippen LogP contribution in [-0.2, 0) is 0 Å². The molecule has 1 aromatic heterocycles. The highest BCUT2D eigenvalue weighted by Crippen LogP contribution is 2.21. The van der Waals surface area contributed by atoms with Gasteiger partial charge < -0.3 is 4.74 Å². The van der Waals surface area contributed by atoms with Gasteiger partial charge in [-0.15, -0.1) is 0 Å². The molecule has 0 unspecified atom stereocenters. The third kappa shape index (κ3) is 2.56. The van der Waals surface area contributed by atoms with Crippen molar-refractivity contribution in [2.24, 2.45) is 0 Å². The first-order valence-corrected chi connectivity index (χ1v) is 5.98. The van der Waals surface area contributed by atoms with Gasteiger partial charge in [-0.2, -0.15) is 4.68 Å². The molecule has 3 aromatic rings. The average Bonchev–Trinajstić information content (AvgIpc) is 2.89. The standard InChI is InChI=1S/C13H9ClN4O/c14-10-6-8-11(9-7-10)18-13(15-16-17-18)19-12-4-2-1-3-5-12/h1-9H. The Balaban J connectivity index is 1.92. The van der Waals surface area contributed by atoms with Crippen LogP contribution in [0.2, 0.25) is 5.02 Å². The Labute approximate surface area is 114 Å². The van der Waals surface area contributed by atoms with Crippen molar-refractivity contribution in [1.82, 2.24) is 20.2 Å². The van der Waals surface area contributed by atoms with Crippen molar-refractivity contribution in [2.75, 3.05) is 0 Å². The lowest BCUT2D eigenvalue weighted by molar-refractivity contribution is 0.427. The van der Waals surface area contributed by atoms with E-state index >= 15 is 0 Å². The fourth-order valence-corrected chi connectivity index (χ4v) is 1.71. The zero-order valence-corrected chi connectivity index (χ0v) is 10.5. The number of para-hydroxylation sites is 1. The number of rotatable bonds is 3. The quantitative estimate of drug-likeness (QED) is 0.735. The molecule has 0 bridgehead atoms. The molecule has 0 aliphatic rings. The van der Waals surface area contributed by atoms with E-state index in [2.05, 4.69) is 15.5 Å². The van der Waals surface area contributed by atoms with Crippen LogP contribution in [0.4, 0.5) is 0 Å². The van der Waals surface area contributed by atoms with Crippen LogP contribution in [-0.4, -0.2) is 20.2 Å². The number of hydrogen-bond donors (Lipinski definition) is 0. The Hall–Kier alpha value is -2.40. The van der Waals surface area contributed by atoms with Crippen molar-refractivity contribution < 1.29 is 4.74 Å². The van der Waals surface area contributed by atoms with Gasteiger partial charge in [0.1, 0.15) is 5.75 Å². The molecule has 6 heteroatoms. The van der Waals surface area contributed by atoms with Gasteiger partial charge in [0.15, 0.2) is 0 Å². The highest BCUT2D eigenvalue weighted by atomic mass is 35.5. The summed E-state index contributed by atoms with van der Waals surface area (Å²) in [5.41, 5.74) is 0.778. The van der Waals surface area contributed by atoms with E-state index in [1.165, 1.54) is 4.68 Å². The Bertz CT molecular complexity index is 667. The minimum atomic E-state index is 0.300. The van der Waals surface area contributed by atoms with Crippen LogP contribution >= 0.6 is 11.6 Å². The highest BCUT2D eigenvalue weighted by Gasteiger charge is 2.10. The summed E-state index contributed by atoms with van der Waals surface area (Å²) < 4.78 is 7.13. The number of benzene rings is 2. The molecule has 19 heavy (non-hydrogen) atoms. The van der Waals surface area contributed by atoms with Crippen molar-refractivity contribution >= 4 is 11.6 Å². The van der Waals surface area contributed by atoms with Gasteiger partial charge in [-0.25, -0.2) is 0 Å². The van der Waals surface area contributed by atoms with Crippen molar-refractivity contribution in [3.8, 4) is 17.4 Å². The van der Waals surface area contributed by atoms with E-state index in [0.29, 0.717) is 16.8 Å². The first-order valence-electron chi connectivity index (χ1n) is 5.60. The topological polar surface area (TPSA) is 52.8 Å². The minimum Gasteiger partial charge on any atom is -0.423 e. The molecular formula is C13H9ClN4O.